The van der Waals surface area contributed by atoms with Gasteiger partial charge in [-0.05, 0) is 37.0 Å². The van der Waals surface area contributed by atoms with E-state index in [2.05, 4.69) is 0 Å². The molecule has 1 atom stereocenters. The van der Waals surface area contributed by atoms with Gasteiger partial charge in [-0.25, -0.2) is 0 Å². The Bertz CT molecular complexity index is 560. The Morgan fingerprint density at radius 2 is 2.04 bits per heavy atom. The van der Waals surface area contributed by atoms with Crippen molar-refractivity contribution in [2.24, 2.45) is 5.41 Å². The number of benzene rings is 1. The number of nitrogens with zero attached hydrogens (tertiary/aromatic N) is 1. The zero-order valence-electron chi connectivity index (χ0n) is 13.3. The van der Waals surface area contributed by atoms with Crippen molar-refractivity contribution >= 4 is 23.5 Å². The van der Waals surface area contributed by atoms with Gasteiger partial charge in [0.05, 0.1) is 6.61 Å². The average Bonchev–Trinajstić information content (AvgIpc) is 2.95. The predicted molar refractivity (Wildman–Crippen MR) is 87.5 cm³/mol. The van der Waals surface area contributed by atoms with Gasteiger partial charge >= 0.3 is 5.97 Å². The van der Waals surface area contributed by atoms with Crippen LogP contribution in [0.25, 0.3) is 0 Å². The highest BCUT2D eigenvalue weighted by Crippen LogP contribution is 2.31. The number of carbonyl (C=O) groups excluding carboxylic acids is 1. The number of carboxylic acids is 1. The highest BCUT2D eigenvalue weighted by molar-refractivity contribution is 6.30. The monoisotopic (exact) mass is 339 g/mol. The molecule has 0 saturated carbocycles. The van der Waals surface area contributed by atoms with E-state index in [0.717, 1.165) is 18.4 Å². The summed E-state index contributed by atoms with van der Waals surface area (Å²) in [5.41, 5.74) is 0.184. The molecule has 0 aliphatic carbocycles. The number of carbonyl (C=O) groups is 2. The number of aryl methyl sites for hydroxylation is 1. The van der Waals surface area contributed by atoms with Gasteiger partial charge in [0.25, 0.3) is 0 Å². The van der Waals surface area contributed by atoms with Gasteiger partial charge in [-0.3, -0.25) is 9.59 Å². The second-order valence-corrected chi connectivity index (χ2v) is 6.50. The first-order valence-electron chi connectivity index (χ1n) is 7.71. The van der Waals surface area contributed by atoms with Crippen LogP contribution in [0.1, 0.15) is 24.8 Å². The van der Waals surface area contributed by atoms with E-state index in [-0.39, 0.29) is 19.1 Å². The molecule has 1 unspecified atom stereocenters. The number of aliphatic carboxylic acids is 1. The SMILES string of the molecule is COCC1(C(=O)O)CCN(C(=O)CCCc2ccc(Cl)cc2)C1. The summed E-state index contributed by atoms with van der Waals surface area (Å²) in [7, 11) is 1.49. The number of halogens is 1. The van der Waals surface area contributed by atoms with Gasteiger partial charge in [-0.2, -0.15) is 0 Å². The first-order valence-corrected chi connectivity index (χ1v) is 8.09. The summed E-state index contributed by atoms with van der Waals surface area (Å²) >= 11 is 5.84. The molecule has 1 aromatic rings. The van der Waals surface area contributed by atoms with Gasteiger partial charge in [0.1, 0.15) is 5.41 Å². The lowest BCUT2D eigenvalue weighted by Gasteiger charge is -2.23. The third-order valence-corrected chi connectivity index (χ3v) is 4.60. The summed E-state index contributed by atoms with van der Waals surface area (Å²) in [4.78, 5) is 25.4. The second-order valence-electron chi connectivity index (χ2n) is 6.06. The smallest absolute Gasteiger partial charge is 0.313 e. The van der Waals surface area contributed by atoms with Crippen molar-refractivity contribution in [2.45, 2.75) is 25.7 Å². The highest BCUT2D eigenvalue weighted by atomic mass is 35.5. The molecule has 6 heteroatoms. The Morgan fingerprint density at radius 3 is 2.65 bits per heavy atom. The Balaban J connectivity index is 1.82. The summed E-state index contributed by atoms with van der Waals surface area (Å²) in [6.07, 6.45) is 2.41. The van der Waals surface area contributed by atoms with Crippen LogP contribution in [-0.2, 0) is 20.7 Å². The lowest BCUT2D eigenvalue weighted by Crippen LogP contribution is -2.40. The molecule has 1 N–H and O–H groups in total. The molecule has 1 fully saturated rings. The first-order chi connectivity index (χ1) is 11.0. The van der Waals surface area contributed by atoms with Gasteiger partial charge in [-0.1, -0.05) is 23.7 Å². The number of amides is 1. The normalized spacial score (nSPS) is 20.7. The van der Waals surface area contributed by atoms with Crippen LogP contribution in [0.4, 0.5) is 0 Å². The van der Waals surface area contributed by atoms with E-state index in [0.29, 0.717) is 24.4 Å². The third kappa shape index (κ3) is 4.45. The fourth-order valence-corrected chi connectivity index (χ4v) is 3.09. The van der Waals surface area contributed by atoms with E-state index < -0.39 is 11.4 Å². The molecule has 1 saturated heterocycles. The number of likely N-dealkylation sites (tertiary alicyclic amines) is 1. The molecule has 1 amide bonds. The Labute approximate surface area is 141 Å². The van der Waals surface area contributed by atoms with Crippen molar-refractivity contribution < 1.29 is 19.4 Å². The molecule has 23 heavy (non-hydrogen) atoms. The molecule has 1 aromatic carbocycles. The summed E-state index contributed by atoms with van der Waals surface area (Å²) in [6.45, 7) is 0.849. The minimum atomic E-state index is -0.958. The zero-order chi connectivity index (χ0) is 16.9. The molecular weight excluding hydrogens is 318 g/mol. The number of hydrogen-bond donors (Lipinski definition) is 1. The van der Waals surface area contributed by atoms with Crippen LogP contribution < -0.4 is 0 Å². The summed E-state index contributed by atoms with van der Waals surface area (Å²) in [6, 6.07) is 7.59. The Hall–Kier alpha value is -1.59. The molecular formula is C17H22ClNO4. The van der Waals surface area contributed by atoms with E-state index in [1.54, 1.807) is 4.90 Å². The number of rotatable bonds is 7. The quantitative estimate of drug-likeness (QED) is 0.829. The van der Waals surface area contributed by atoms with Crippen LogP contribution in [-0.4, -0.2) is 48.7 Å². The molecule has 1 aliphatic rings. The predicted octanol–water partition coefficient (Wildman–Crippen LogP) is 2.61. The van der Waals surface area contributed by atoms with Gasteiger partial charge in [0.2, 0.25) is 5.91 Å². The second kappa shape index (κ2) is 7.79. The lowest BCUT2D eigenvalue weighted by atomic mass is 9.88. The van der Waals surface area contributed by atoms with Crippen molar-refractivity contribution in [3.8, 4) is 0 Å². The molecule has 1 heterocycles. The van der Waals surface area contributed by atoms with Crippen molar-refractivity contribution in [1.82, 2.24) is 4.90 Å². The summed E-state index contributed by atoms with van der Waals surface area (Å²) < 4.78 is 5.04. The van der Waals surface area contributed by atoms with E-state index in [4.69, 9.17) is 16.3 Å². The van der Waals surface area contributed by atoms with E-state index >= 15 is 0 Å². The molecule has 126 valence electrons. The molecule has 0 radical (unpaired) electrons. The fraction of sp³-hybridized carbons (Fsp3) is 0.529. The minimum absolute atomic E-state index is 0.0122. The van der Waals surface area contributed by atoms with Crippen molar-refractivity contribution in [3.05, 3.63) is 34.9 Å². The summed E-state index contributed by atoms with van der Waals surface area (Å²) in [5.74, 6) is -0.881. The van der Waals surface area contributed by atoms with Crippen LogP contribution in [0.3, 0.4) is 0 Å². The molecule has 5 nitrogen and oxygen atoms in total. The van der Waals surface area contributed by atoms with Crippen LogP contribution >= 0.6 is 11.6 Å². The highest BCUT2D eigenvalue weighted by Gasteiger charge is 2.46. The molecule has 0 spiro atoms. The van der Waals surface area contributed by atoms with Crippen LogP contribution in [0.2, 0.25) is 5.02 Å². The first kappa shape index (κ1) is 17.8. The maximum atomic E-state index is 12.3. The molecule has 1 aliphatic heterocycles. The molecule has 2 rings (SSSR count). The lowest BCUT2D eigenvalue weighted by molar-refractivity contribution is -0.151. The zero-order valence-corrected chi connectivity index (χ0v) is 14.0. The van der Waals surface area contributed by atoms with E-state index in [1.807, 2.05) is 24.3 Å². The van der Waals surface area contributed by atoms with Crippen molar-refractivity contribution in [2.75, 3.05) is 26.8 Å². The number of ether oxygens (including phenoxy) is 1. The van der Waals surface area contributed by atoms with Gasteiger partial charge < -0.3 is 14.7 Å². The number of methoxy groups -OCH3 is 1. The molecule has 0 aromatic heterocycles. The minimum Gasteiger partial charge on any atom is -0.481 e. The van der Waals surface area contributed by atoms with Crippen molar-refractivity contribution in [3.63, 3.8) is 0 Å². The number of hydrogen-bond acceptors (Lipinski definition) is 3. The third-order valence-electron chi connectivity index (χ3n) is 4.35. The van der Waals surface area contributed by atoms with Crippen LogP contribution in [0.5, 0.6) is 0 Å². The van der Waals surface area contributed by atoms with Crippen molar-refractivity contribution in [1.29, 1.82) is 0 Å². The maximum absolute atomic E-state index is 12.3. The molecule has 0 bridgehead atoms. The van der Waals surface area contributed by atoms with Gasteiger partial charge in [0.15, 0.2) is 0 Å². The van der Waals surface area contributed by atoms with E-state index in [9.17, 15) is 14.7 Å². The van der Waals surface area contributed by atoms with Gasteiger partial charge in [0, 0.05) is 31.6 Å². The van der Waals surface area contributed by atoms with Crippen LogP contribution in [0.15, 0.2) is 24.3 Å². The fourth-order valence-electron chi connectivity index (χ4n) is 2.97. The van der Waals surface area contributed by atoms with E-state index in [1.165, 1.54) is 7.11 Å². The maximum Gasteiger partial charge on any atom is 0.313 e. The Morgan fingerprint density at radius 1 is 1.35 bits per heavy atom. The standard InChI is InChI=1S/C17H22ClNO4/c1-23-12-17(16(21)22)9-10-19(11-17)15(20)4-2-3-13-5-7-14(18)8-6-13/h5-8H,2-4,9-12H2,1H3,(H,21,22). The van der Waals surface area contributed by atoms with Crippen LogP contribution in [0, 0.1) is 5.41 Å². The Kier molecular flexibility index (Phi) is 6.02. The van der Waals surface area contributed by atoms with Gasteiger partial charge in [-0.15, -0.1) is 0 Å². The summed E-state index contributed by atoms with van der Waals surface area (Å²) in [5, 5.41) is 10.1. The number of carboxylic acid groups (broad SMARTS) is 1. The largest absolute Gasteiger partial charge is 0.481 e. The topological polar surface area (TPSA) is 66.8 Å². The average molecular weight is 340 g/mol.